The van der Waals surface area contributed by atoms with Crippen molar-refractivity contribution in [2.75, 3.05) is 7.05 Å². The van der Waals surface area contributed by atoms with Crippen molar-refractivity contribution in [3.63, 3.8) is 0 Å². The Kier molecular flexibility index (Phi) is 4.43. The van der Waals surface area contributed by atoms with E-state index in [1.54, 1.807) is 24.1 Å². The lowest BCUT2D eigenvalue weighted by Gasteiger charge is -2.29. The van der Waals surface area contributed by atoms with Gasteiger partial charge in [0, 0.05) is 31.1 Å². The molecular formula is C15H22N2O2. The highest BCUT2D eigenvalue weighted by atomic mass is 16.3. The molecule has 1 amide bonds. The Labute approximate surface area is 114 Å². The van der Waals surface area contributed by atoms with Gasteiger partial charge in [0.05, 0.1) is 0 Å². The topological polar surface area (TPSA) is 66.6 Å². The molecule has 2 rings (SSSR count). The standard InChI is InChI=1S/C15H22N2O2/c1-17(10-12-5-2-3-8-14(12)18)15(19)11-6-4-7-13(16)9-11/h2-3,5,8,11,13,18H,4,6-7,9-10,16H2,1H3. The number of carbonyl (C=O) groups is 1. The van der Waals surface area contributed by atoms with E-state index < -0.39 is 0 Å². The van der Waals surface area contributed by atoms with Crippen LogP contribution in [0.25, 0.3) is 0 Å². The zero-order valence-corrected chi connectivity index (χ0v) is 11.4. The lowest BCUT2D eigenvalue weighted by Crippen LogP contribution is -2.38. The van der Waals surface area contributed by atoms with Crippen LogP contribution < -0.4 is 5.73 Å². The van der Waals surface area contributed by atoms with Gasteiger partial charge in [-0.2, -0.15) is 0 Å². The molecule has 2 atom stereocenters. The van der Waals surface area contributed by atoms with Crippen molar-refractivity contribution < 1.29 is 9.90 Å². The van der Waals surface area contributed by atoms with Gasteiger partial charge in [0.2, 0.25) is 5.91 Å². The number of benzene rings is 1. The number of phenolic OH excluding ortho intramolecular Hbond substituents is 1. The molecule has 1 aliphatic carbocycles. The van der Waals surface area contributed by atoms with Crippen molar-refractivity contribution in [3.05, 3.63) is 29.8 Å². The van der Waals surface area contributed by atoms with Crippen molar-refractivity contribution in [2.24, 2.45) is 11.7 Å². The lowest BCUT2D eigenvalue weighted by atomic mass is 9.85. The van der Waals surface area contributed by atoms with Gasteiger partial charge in [0.1, 0.15) is 5.75 Å². The van der Waals surface area contributed by atoms with Crippen LogP contribution in [0.2, 0.25) is 0 Å². The van der Waals surface area contributed by atoms with E-state index >= 15 is 0 Å². The number of rotatable bonds is 3. The van der Waals surface area contributed by atoms with E-state index in [2.05, 4.69) is 0 Å². The van der Waals surface area contributed by atoms with Gasteiger partial charge >= 0.3 is 0 Å². The van der Waals surface area contributed by atoms with Crippen LogP contribution in [-0.4, -0.2) is 29.0 Å². The maximum absolute atomic E-state index is 12.3. The van der Waals surface area contributed by atoms with Gasteiger partial charge < -0.3 is 15.7 Å². The van der Waals surface area contributed by atoms with Crippen LogP contribution in [0, 0.1) is 5.92 Å². The van der Waals surface area contributed by atoms with Crippen molar-refractivity contribution >= 4 is 5.91 Å². The highest BCUT2D eigenvalue weighted by molar-refractivity contribution is 5.78. The van der Waals surface area contributed by atoms with E-state index in [0.29, 0.717) is 6.54 Å². The van der Waals surface area contributed by atoms with Crippen LogP contribution >= 0.6 is 0 Å². The van der Waals surface area contributed by atoms with Crippen LogP contribution in [0.5, 0.6) is 5.75 Å². The molecule has 19 heavy (non-hydrogen) atoms. The van der Waals surface area contributed by atoms with E-state index in [-0.39, 0.29) is 23.6 Å². The minimum Gasteiger partial charge on any atom is -0.508 e. The summed E-state index contributed by atoms with van der Waals surface area (Å²) >= 11 is 0. The number of nitrogens with two attached hydrogens (primary N) is 1. The second kappa shape index (κ2) is 6.06. The number of amides is 1. The average Bonchev–Trinajstić information content (AvgIpc) is 2.40. The number of nitrogens with zero attached hydrogens (tertiary/aromatic N) is 1. The first-order chi connectivity index (χ1) is 9.08. The molecule has 0 spiro atoms. The van der Waals surface area contributed by atoms with Crippen molar-refractivity contribution in [1.29, 1.82) is 0 Å². The molecule has 0 aromatic heterocycles. The van der Waals surface area contributed by atoms with Gasteiger partial charge in [-0.1, -0.05) is 24.6 Å². The predicted octanol–water partition coefficient (Wildman–Crippen LogP) is 1.87. The van der Waals surface area contributed by atoms with Crippen LogP contribution in [-0.2, 0) is 11.3 Å². The van der Waals surface area contributed by atoms with Gasteiger partial charge in [0.25, 0.3) is 0 Å². The Balaban J connectivity index is 1.97. The molecule has 1 aliphatic rings. The van der Waals surface area contributed by atoms with Gasteiger partial charge in [-0.15, -0.1) is 0 Å². The summed E-state index contributed by atoms with van der Waals surface area (Å²) in [7, 11) is 1.79. The molecular weight excluding hydrogens is 240 g/mol. The average molecular weight is 262 g/mol. The third kappa shape index (κ3) is 3.47. The molecule has 4 nitrogen and oxygen atoms in total. The van der Waals surface area contributed by atoms with E-state index in [1.807, 2.05) is 12.1 Å². The molecule has 1 saturated carbocycles. The number of phenols is 1. The minimum atomic E-state index is 0.0413. The molecule has 4 heteroatoms. The third-order valence-electron chi connectivity index (χ3n) is 3.84. The smallest absolute Gasteiger partial charge is 0.225 e. The summed E-state index contributed by atoms with van der Waals surface area (Å²) in [4.78, 5) is 14.0. The molecule has 0 aliphatic heterocycles. The minimum absolute atomic E-state index is 0.0413. The first kappa shape index (κ1) is 13.9. The molecule has 3 N–H and O–H groups in total. The molecule has 1 aromatic rings. The molecule has 0 heterocycles. The summed E-state index contributed by atoms with van der Waals surface area (Å²) < 4.78 is 0. The number of hydrogen-bond acceptors (Lipinski definition) is 3. The van der Waals surface area contributed by atoms with Crippen molar-refractivity contribution in [3.8, 4) is 5.75 Å². The van der Waals surface area contributed by atoms with Gasteiger partial charge in [-0.25, -0.2) is 0 Å². The zero-order valence-electron chi connectivity index (χ0n) is 11.4. The third-order valence-corrected chi connectivity index (χ3v) is 3.84. The summed E-state index contributed by atoms with van der Waals surface area (Å²) in [6, 6.07) is 7.28. The Hall–Kier alpha value is -1.55. The Morgan fingerprint density at radius 1 is 1.42 bits per heavy atom. The molecule has 1 fully saturated rings. The normalized spacial score (nSPS) is 23.1. The van der Waals surface area contributed by atoms with Crippen LogP contribution in [0.1, 0.15) is 31.2 Å². The SMILES string of the molecule is CN(Cc1ccccc1O)C(=O)C1CCCC(N)C1. The van der Waals surface area contributed by atoms with E-state index in [9.17, 15) is 9.90 Å². The first-order valence-electron chi connectivity index (χ1n) is 6.85. The summed E-state index contributed by atoms with van der Waals surface area (Å²) in [5.41, 5.74) is 6.71. The fourth-order valence-corrected chi connectivity index (χ4v) is 2.74. The van der Waals surface area contributed by atoms with Crippen LogP contribution in [0.4, 0.5) is 0 Å². The van der Waals surface area contributed by atoms with Gasteiger partial charge in [0.15, 0.2) is 0 Å². The second-order valence-corrected chi connectivity index (χ2v) is 5.45. The second-order valence-electron chi connectivity index (χ2n) is 5.45. The maximum Gasteiger partial charge on any atom is 0.225 e. The number of para-hydroxylation sites is 1. The fraction of sp³-hybridized carbons (Fsp3) is 0.533. The van der Waals surface area contributed by atoms with Crippen molar-refractivity contribution in [1.82, 2.24) is 4.90 Å². The number of aromatic hydroxyl groups is 1. The monoisotopic (exact) mass is 262 g/mol. The molecule has 104 valence electrons. The van der Waals surface area contributed by atoms with Gasteiger partial charge in [-0.3, -0.25) is 4.79 Å². The number of hydrogen-bond donors (Lipinski definition) is 2. The molecule has 1 aromatic carbocycles. The summed E-state index contributed by atoms with van der Waals surface area (Å²) in [5.74, 6) is 0.417. The molecule has 0 bridgehead atoms. The Morgan fingerprint density at radius 2 is 2.16 bits per heavy atom. The van der Waals surface area contributed by atoms with Crippen LogP contribution in [0.15, 0.2) is 24.3 Å². The maximum atomic E-state index is 12.3. The number of carbonyl (C=O) groups excluding carboxylic acids is 1. The van der Waals surface area contributed by atoms with E-state index in [0.717, 1.165) is 31.2 Å². The molecule has 0 radical (unpaired) electrons. The van der Waals surface area contributed by atoms with Crippen LogP contribution in [0.3, 0.4) is 0 Å². The Bertz CT molecular complexity index is 448. The fourth-order valence-electron chi connectivity index (χ4n) is 2.74. The van der Waals surface area contributed by atoms with E-state index in [1.165, 1.54) is 0 Å². The quantitative estimate of drug-likeness (QED) is 0.874. The molecule has 0 saturated heterocycles. The Morgan fingerprint density at radius 3 is 2.84 bits per heavy atom. The van der Waals surface area contributed by atoms with E-state index in [4.69, 9.17) is 5.73 Å². The first-order valence-corrected chi connectivity index (χ1v) is 6.85. The zero-order chi connectivity index (χ0) is 13.8. The highest BCUT2D eigenvalue weighted by Gasteiger charge is 2.27. The van der Waals surface area contributed by atoms with Crippen molar-refractivity contribution in [2.45, 2.75) is 38.3 Å². The summed E-state index contributed by atoms with van der Waals surface area (Å²) in [5, 5.41) is 9.74. The predicted molar refractivity (Wildman–Crippen MR) is 74.5 cm³/mol. The molecule has 2 unspecified atom stereocenters. The summed E-state index contributed by atoms with van der Waals surface area (Å²) in [6.45, 7) is 0.442. The summed E-state index contributed by atoms with van der Waals surface area (Å²) in [6.07, 6.45) is 3.76. The lowest BCUT2D eigenvalue weighted by molar-refractivity contribution is -0.135. The largest absolute Gasteiger partial charge is 0.508 e. The van der Waals surface area contributed by atoms with Gasteiger partial charge in [-0.05, 0) is 25.3 Å². The highest BCUT2D eigenvalue weighted by Crippen LogP contribution is 2.26.